The number of halogens is 4. The van der Waals surface area contributed by atoms with E-state index in [1.807, 2.05) is 0 Å². The molecule has 1 aromatic carbocycles. The number of alkyl halides is 3. The molecule has 1 saturated carbocycles. The number of rotatable bonds is 4. The van der Waals surface area contributed by atoms with Gasteiger partial charge in [0.2, 0.25) is 0 Å². The summed E-state index contributed by atoms with van der Waals surface area (Å²) in [6.07, 6.45) is -3.88. The highest BCUT2D eigenvalue weighted by atomic mass is 35.5. The highest BCUT2D eigenvalue weighted by molar-refractivity contribution is 5.85. The molecule has 1 aliphatic carbocycles. The summed E-state index contributed by atoms with van der Waals surface area (Å²) in [6.45, 7) is 0. The van der Waals surface area contributed by atoms with Gasteiger partial charge in [0.1, 0.15) is 5.75 Å². The molecule has 3 N–H and O–H groups in total. The maximum atomic E-state index is 12.2. The van der Waals surface area contributed by atoms with E-state index >= 15 is 0 Å². The first kappa shape index (κ1) is 16.1. The molecule has 7 heteroatoms. The average molecular weight is 298 g/mol. The molecule has 2 atom stereocenters. The largest absolute Gasteiger partial charge is 0.573 e. The molecule has 0 heterocycles. The Balaban J connectivity index is 0.00000180. The van der Waals surface area contributed by atoms with Crippen LogP contribution >= 0.6 is 12.4 Å². The summed E-state index contributed by atoms with van der Waals surface area (Å²) in [5.41, 5.74) is 5.98. The van der Waals surface area contributed by atoms with Crippen molar-refractivity contribution in [3.05, 3.63) is 29.8 Å². The second-order valence-corrected chi connectivity index (χ2v) is 4.44. The summed E-state index contributed by atoms with van der Waals surface area (Å²) >= 11 is 0. The maximum absolute atomic E-state index is 12.2. The molecule has 19 heavy (non-hydrogen) atoms. The van der Waals surface area contributed by atoms with Crippen LogP contribution in [-0.2, 0) is 0 Å². The SMILES string of the molecule is Cl.N[C@@H](c1ccccc1OC(F)(F)F)[C@H](O)C1CC1. The van der Waals surface area contributed by atoms with Gasteiger partial charge in [-0.2, -0.15) is 0 Å². The molecule has 3 nitrogen and oxygen atoms in total. The minimum atomic E-state index is -4.76. The van der Waals surface area contributed by atoms with Gasteiger partial charge in [-0.1, -0.05) is 18.2 Å². The first-order chi connectivity index (χ1) is 8.38. The zero-order valence-electron chi connectivity index (χ0n) is 9.93. The summed E-state index contributed by atoms with van der Waals surface area (Å²) in [5, 5.41) is 9.87. The van der Waals surface area contributed by atoms with E-state index in [2.05, 4.69) is 4.74 Å². The highest BCUT2D eigenvalue weighted by Crippen LogP contribution is 2.39. The molecule has 108 valence electrons. The van der Waals surface area contributed by atoms with E-state index < -0.39 is 18.5 Å². The molecule has 0 bridgehead atoms. The number of hydrogen-bond donors (Lipinski definition) is 2. The second-order valence-electron chi connectivity index (χ2n) is 4.44. The first-order valence-electron chi connectivity index (χ1n) is 5.67. The van der Waals surface area contributed by atoms with E-state index in [0.717, 1.165) is 12.8 Å². The summed E-state index contributed by atoms with van der Waals surface area (Å²) in [6, 6.07) is 4.77. The molecule has 1 aliphatic rings. The molecular weight excluding hydrogens is 283 g/mol. The maximum Gasteiger partial charge on any atom is 0.573 e. The Labute approximate surface area is 115 Å². The Bertz CT molecular complexity index is 424. The van der Waals surface area contributed by atoms with Crippen LogP contribution in [0.4, 0.5) is 13.2 Å². The Morgan fingerprint density at radius 1 is 1.26 bits per heavy atom. The topological polar surface area (TPSA) is 55.5 Å². The third kappa shape index (κ3) is 4.26. The van der Waals surface area contributed by atoms with Gasteiger partial charge in [0.05, 0.1) is 12.1 Å². The van der Waals surface area contributed by atoms with E-state index in [1.54, 1.807) is 6.07 Å². The van der Waals surface area contributed by atoms with Gasteiger partial charge in [0.15, 0.2) is 0 Å². The minimum absolute atomic E-state index is 0. The van der Waals surface area contributed by atoms with Crippen LogP contribution in [0.15, 0.2) is 24.3 Å². The van der Waals surface area contributed by atoms with Crippen molar-refractivity contribution < 1.29 is 23.0 Å². The predicted octanol–water partition coefficient (Wildman–Crippen LogP) is 2.78. The normalized spacial score (nSPS) is 18.4. The third-order valence-electron chi connectivity index (χ3n) is 2.98. The van der Waals surface area contributed by atoms with Crippen LogP contribution in [0, 0.1) is 5.92 Å². The van der Waals surface area contributed by atoms with Crippen LogP contribution in [0.5, 0.6) is 5.75 Å². The van der Waals surface area contributed by atoms with E-state index in [-0.39, 0.29) is 29.6 Å². The number of para-hydroxylation sites is 1. The lowest BCUT2D eigenvalue weighted by Crippen LogP contribution is -2.29. The molecule has 0 radical (unpaired) electrons. The fraction of sp³-hybridized carbons (Fsp3) is 0.500. The van der Waals surface area contributed by atoms with Crippen LogP contribution in [0.1, 0.15) is 24.4 Å². The van der Waals surface area contributed by atoms with Gasteiger partial charge in [-0.05, 0) is 24.8 Å². The molecule has 0 spiro atoms. The monoisotopic (exact) mass is 297 g/mol. The van der Waals surface area contributed by atoms with Crippen molar-refractivity contribution in [1.82, 2.24) is 0 Å². The van der Waals surface area contributed by atoms with Gasteiger partial charge < -0.3 is 15.6 Å². The summed E-state index contributed by atoms with van der Waals surface area (Å²) in [7, 11) is 0. The van der Waals surface area contributed by atoms with Crippen molar-refractivity contribution in [1.29, 1.82) is 0 Å². The quantitative estimate of drug-likeness (QED) is 0.898. The number of benzene rings is 1. The number of aliphatic hydroxyl groups excluding tert-OH is 1. The first-order valence-corrected chi connectivity index (χ1v) is 5.67. The van der Waals surface area contributed by atoms with Crippen LogP contribution in [0.3, 0.4) is 0 Å². The molecular formula is C12H15ClF3NO2. The van der Waals surface area contributed by atoms with E-state index in [4.69, 9.17) is 5.73 Å². The van der Waals surface area contributed by atoms with Crippen LogP contribution in [-0.4, -0.2) is 17.6 Å². The molecule has 0 aromatic heterocycles. The van der Waals surface area contributed by atoms with Crippen molar-refractivity contribution in [2.45, 2.75) is 31.3 Å². The van der Waals surface area contributed by atoms with Crippen LogP contribution < -0.4 is 10.5 Å². The lowest BCUT2D eigenvalue weighted by atomic mass is 9.98. The zero-order chi connectivity index (χ0) is 13.3. The number of nitrogens with two attached hydrogens (primary N) is 1. The zero-order valence-corrected chi connectivity index (χ0v) is 10.7. The van der Waals surface area contributed by atoms with Crippen molar-refractivity contribution in [2.24, 2.45) is 11.7 Å². The third-order valence-corrected chi connectivity index (χ3v) is 2.98. The fourth-order valence-corrected chi connectivity index (χ4v) is 1.89. The van der Waals surface area contributed by atoms with Gasteiger partial charge in [0.25, 0.3) is 0 Å². The second kappa shape index (κ2) is 5.98. The van der Waals surface area contributed by atoms with E-state index in [9.17, 15) is 18.3 Å². The Kier molecular flexibility index (Phi) is 5.06. The lowest BCUT2D eigenvalue weighted by Gasteiger charge is -2.22. The number of ether oxygens (including phenoxy) is 1. The molecule has 0 saturated heterocycles. The smallest absolute Gasteiger partial charge is 0.405 e. The fourth-order valence-electron chi connectivity index (χ4n) is 1.89. The molecule has 0 amide bonds. The van der Waals surface area contributed by atoms with E-state index in [0.29, 0.717) is 0 Å². The van der Waals surface area contributed by atoms with Crippen molar-refractivity contribution in [2.75, 3.05) is 0 Å². The molecule has 0 aliphatic heterocycles. The molecule has 2 rings (SSSR count). The lowest BCUT2D eigenvalue weighted by molar-refractivity contribution is -0.275. The molecule has 0 unspecified atom stereocenters. The number of hydrogen-bond acceptors (Lipinski definition) is 3. The predicted molar refractivity (Wildman–Crippen MR) is 66.0 cm³/mol. The molecule has 1 aromatic rings. The van der Waals surface area contributed by atoms with Crippen molar-refractivity contribution in [3.8, 4) is 5.75 Å². The van der Waals surface area contributed by atoms with Crippen molar-refractivity contribution in [3.63, 3.8) is 0 Å². The van der Waals surface area contributed by atoms with Gasteiger partial charge in [-0.25, -0.2) is 0 Å². The van der Waals surface area contributed by atoms with Crippen LogP contribution in [0.2, 0.25) is 0 Å². The van der Waals surface area contributed by atoms with Crippen molar-refractivity contribution >= 4 is 12.4 Å². The van der Waals surface area contributed by atoms with Gasteiger partial charge in [-0.15, -0.1) is 25.6 Å². The summed E-state index contributed by atoms with van der Waals surface area (Å²) in [4.78, 5) is 0. The Morgan fingerprint density at radius 3 is 2.37 bits per heavy atom. The Morgan fingerprint density at radius 2 is 1.84 bits per heavy atom. The summed E-state index contributed by atoms with van der Waals surface area (Å²) < 4.78 is 40.6. The number of aliphatic hydroxyl groups is 1. The van der Waals surface area contributed by atoms with Gasteiger partial charge >= 0.3 is 6.36 Å². The Hall–Kier alpha value is -0.980. The average Bonchev–Trinajstić information content (AvgIpc) is 3.09. The van der Waals surface area contributed by atoms with Gasteiger partial charge in [-0.3, -0.25) is 0 Å². The van der Waals surface area contributed by atoms with Gasteiger partial charge in [0, 0.05) is 5.56 Å². The molecule has 1 fully saturated rings. The van der Waals surface area contributed by atoms with Crippen LogP contribution in [0.25, 0.3) is 0 Å². The van der Waals surface area contributed by atoms with E-state index in [1.165, 1.54) is 18.2 Å². The standard InChI is InChI=1S/C12H14F3NO2.ClH/c13-12(14,15)18-9-4-2-1-3-8(9)10(16)11(17)7-5-6-7;/h1-4,7,10-11,17H,5-6,16H2;1H/t10-,11+;/m0./s1. The highest BCUT2D eigenvalue weighted by Gasteiger charge is 2.37. The summed E-state index contributed by atoms with van der Waals surface area (Å²) in [5.74, 6) is -0.267. The minimum Gasteiger partial charge on any atom is -0.405 e.